The minimum absolute atomic E-state index is 0.0121. The highest BCUT2D eigenvalue weighted by atomic mass is 16.5. The summed E-state index contributed by atoms with van der Waals surface area (Å²) in [4.78, 5) is 14.4. The Morgan fingerprint density at radius 1 is 1.47 bits per heavy atom. The Labute approximate surface area is 115 Å². The van der Waals surface area contributed by atoms with E-state index >= 15 is 0 Å². The summed E-state index contributed by atoms with van der Waals surface area (Å²) in [6, 6.07) is 5.65. The van der Waals surface area contributed by atoms with Crippen molar-refractivity contribution >= 4 is 11.6 Å². The van der Waals surface area contributed by atoms with E-state index in [1.807, 2.05) is 30.9 Å². The van der Waals surface area contributed by atoms with Gasteiger partial charge in [0, 0.05) is 30.9 Å². The second kappa shape index (κ2) is 7.14. The molecule has 0 aliphatic heterocycles. The number of nitrogens with two attached hydrogens (primary N) is 1. The highest BCUT2D eigenvalue weighted by molar-refractivity contribution is 5.95. The lowest BCUT2D eigenvalue weighted by molar-refractivity contribution is 0.0614. The van der Waals surface area contributed by atoms with Crippen molar-refractivity contribution in [1.82, 2.24) is 4.90 Å². The molecule has 0 heterocycles. The molecule has 0 radical (unpaired) electrons. The van der Waals surface area contributed by atoms with Crippen LogP contribution in [0.2, 0.25) is 0 Å². The number of hydrogen-bond donors (Lipinski definition) is 1. The number of amides is 1. The first-order valence-electron chi connectivity index (χ1n) is 6.67. The highest BCUT2D eigenvalue weighted by Crippen LogP contribution is 2.16. The molecule has 0 aromatic heterocycles. The zero-order valence-electron chi connectivity index (χ0n) is 12.3. The molecule has 4 heteroatoms. The van der Waals surface area contributed by atoms with Gasteiger partial charge in [-0.05, 0) is 38.0 Å². The van der Waals surface area contributed by atoms with Crippen molar-refractivity contribution in [2.45, 2.75) is 33.2 Å². The van der Waals surface area contributed by atoms with Gasteiger partial charge >= 0.3 is 0 Å². The minimum atomic E-state index is 0.0121. The Hall–Kier alpha value is -1.55. The van der Waals surface area contributed by atoms with Crippen LogP contribution in [0.25, 0.3) is 0 Å². The summed E-state index contributed by atoms with van der Waals surface area (Å²) in [7, 11) is 1.64. The van der Waals surface area contributed by atoms with E-state index in [0.29, 0.717) is 24.4 Å². The van der Waals surface area contributed by atoms with Gasteiger partial charge in [-0.2, -0.15) is 0 Å². The van der Waals surface area contributed by atoms with Crippen LogP contribution in [0.3, 0.4) is 0 Å². The molecule has 0 saturated heterocycles. The van der Waals surface area contributed by atoms with Crippen LogP contribution in [0.15, 0.2) is 18.2 Å². The third-order valence-electron chi connectivity index (χ3n) is 3.45. The monoisotopic (exact) mass is 264 g/mol. The molecule has 1 amide bonds. The normalized spacial score (nSPS) is 12.2. The van der Waals surface area contributed by atoms with E-state index in [2.05, 4.69) is 6.92 Å². The van der Waals surface area contributed by atoms with E-state index in [0.717, 1.165) is 12.0 Å². The molecule has 1 unspecified atom stereocenters. The van der Waals surface area contributed by atoms with Crippen molar-refractivity contribution in [3.8, 4) is 0 Å². The van der Waals surface area contributed by atoms with Crippen molar-refractivity contribution < 1.29 is 9.53 Å². The average molecular weight is 264 g/mol. The molecule has 0 spiro atoms. The van der Waals surface area contributed by atoms with Gasteiger partial charge in [0.05, 0.1) is 6.61 Å². The second-order valence-corrected chi connectivity index (χ2v) is 4.82. The maximum atomic E-state index is 12.5. The molecule has 2 N–H and O–H groups in total. The Morgan fingerprint density at radius 3 is 2.68 bits per heavy atom. The third-order valence-corrected chi connectivity index (χ3v) is 3.45. The fraction of sp³-hybridized carbons (Fsp3) is 0.533. The molecule has 0 saturated carbocycles. The molecule has 106 valence electrons. The van der Waals surface area contributed by atoms with E-state index in [4.69, 9.17) is 10.5 Å². The summed E-state index contributed by atoms with van der Waals surface area (Å²) in [5.74, 6) is 0.0121. The van der Waals surface area contributed by atoms with Crippen LogP contribution in [-0.2, 0) is 4.74 Å². The first kappa shape index (κ1) is 15.5. The van der Waals surface area contributed by atoms with Crippen LogP contribution < -0.4 is 5.73 Å². The molecule has 1 atom stereocenters. The molecule has 0 bridgehead atoms. The summed E-state index contributed by atoms with van der Waals surface area (Å²) >= 11 is 0. The number of benzene rings is 1. The van der Waals surface area contributed by atoms with Gasteiger partial charge in [-0.25, -0.2) is 0 Å². The summed E-state index contributed by atoms with van der Waals surface area (Å²) in [6.45, 7) is 7.18. The van der Waals surface area contributed by atoms with Gasteiger partial charge in [0.2, 0.25) is 0 Å². The smallest absolute Gasteiger partial charge is 0.254 e. The van der Waals surface area contributed by atoms with Crippen LogP contribution in [-0.4, -0.2) is 37.1 Å². The molecular formula is C15H24N2O2. The number of nitrogens with zero attached hydrogens (tertiary/aromatic N) is 1. The average Bonchev–Trinajstić information content (AvgIpc) is 2.41. The van der Waals surface area contributed by atoms with Crippen LogP contribution >= 0.6 is 0 Å². The highest BCUT2D eigenvalue weighted by Gasteiger charge is 2.20. The SMILES string of the molecule is CCC(C)N(CCOC)C(=O)c1ccc(C)c(N)c1. The third kappa shape index (κ3) is 3.96. The number of rotatable bonds is 6. The number of methoxy groups -OCH3 is 1. The van der Waals surface area contributed by atoms with Crippen molar-refractivity contribution in [3.63, 3.8) is 0 Å². The Balaban J connectivity index is 2.94. The zero-order valence-corrected chi connectivity index (χ0v) is 12.3. The van der Waals surface area contributed by atoms with Crippen LogP contribution in [0.1, 0.15) is 36.2 Å². The topological polar surface area (TPSA) is 55.6 Å². The summed E-state index contributed by atoms with van der Waals surface area (Å²) < 4.78 is 5.08. The predicted octanol–water partition coefficient (Wildman–Crippen LogP) is 2.46. The fourth-order valence-corrected chi connectivity index (χ4v) is 1.87. The van der Waals surface area contributed by atoms with Gasteiger partial charge < -0.3 is 15.4 Å². The van der Waals surface area contributed by atoms with Crippen molar-refractivity contribution in [3.05, 3.63) is 29.3 Å². The standard InChI is InChI=1S/C15H24N2O2/c1-5-12(3)17(8-9-19-4)15(18)13-7-6-11(2)14(16)10-13/h6-7,10,12H,5,8-9,16H2,1-4H3. The number of anilines is 1. The summed E-state index contributed by atoms with van der Waals surface area (Å²) in [6.07, 6.45) is 0.913. The number of ether oxygens (including phenoxy) is 1. The Bertz CT molecular complexity index is 432. The van der Waals surface area contributed by atoms with Gasteiger partial charge in [0.1, 0.15) is 0 Å². The molecule has 1 aromatic carbocycles. The lowest BCUT2D eigenvalue weighted by Crippen LogP contribution is -2.40. The molecule has 19 heavy (non-hydrogen) atoms. The first-order valence-corrected chi connectivity index (χ1v) is 6.67. The maximum absolute atomic E-state index is 12.5. The van der Waals surface area contributed by atoms with E-state index in [-0.39, 0.29) is 11.9 Å². The molecule has 1 rings (SSSR count). The minimum Gasteiger partial charge on any atom is -0.398 e. The fourth-order valence-electron chi connectivity index (χ4n) is 1.87. The molecular weight excluding hydrogens is 240 g/mol. The van der Waals surface area contributed by atoms with E-state index < -0.39 is 0 Å². The largest absolute Gasteiger partial charge is 0.398 e. The maximum Gasteiger partial charge on any atom is 0.254 e. The quantitative estimate of drug-likeness (QED) is 0.803. The van der Waals surface area contributed by atoms with Crippen molar-refractivity contribution in [2.24, 2.45) is 0 Å². The van der Waals surface area contributed by atoms with Gasteiger partial charge in [-0.15, -0.1) is 0 Å². The lowest BCUT2D eigenvalue weighted by atomic mass is 10.1. The second-order valence-electron chi connectivity index (χ2n) is 4.82. The van der Waals surface area contributed by atoms with Crippen LogP contribution in [0.5, 0.6) is 0 Å². The van der Waals surface area contributed by atoms with E-state index in [9.17, 15) is 4.79 Å². The summed E-state index contributed by atoms with van der Waals surface area (Å²) in [5, 5.41) is 0. The molecule has 1 aromatic rings. The number of hydrogen-bond acceptors (Lipinski definition) is 3. The van der Waals surface area contributed by atoms with Gasteiger partial charge in [-0.3, -0.25) is 4.79 Å². The molecule has 0 aliphatic carbocycles. The number of nitrogen functional groups attached to an aromatic ring is 1. The Morgan fingerprint density at radius 2 is 2.16 bits per heavy atom. The van der Waals surface area contributed by atoms with Gasteiger partial charge in [0.25, 0.3) is 5.91 Å². The predicted molar refractivity (Wildman–Crippen MR) is 78.3 cm³/mol. The lowest BCUT2D eigenvalue weighted by Gasteiger charge is -2.28. The van der Waals surface area contributed by atoms with E-state index in [1.54, 1.807) is 13.2 Å². The van der Waals surface area contributed by atoms with Gasteiger partial charge in [0.15, 0.2) is 0 Å². The van der Waals surface area contributed by atoms with Crippen molar-refractivity contribution in [1.29, 1.82) is 0 Å². The number of carbonyl (C=O) groups is 1. The van der Waals surface area contributed by atoms with E-state index in [1.165, 1.54) is 0 Å². The van der Waals surface area contributed by atoms with Gasteiger partial charge in [-0.1, -0.05) is 13.0 Å². The molecule has 4 nitrogen and oxygen atoms in total. The number of aryl methyl sites for hydroxylation is 1. The molecule has 0 fully saturated rings. The van der Waals surface area contributed by atoms with Crippen molar-refractivity contribution in [2.75, 3.05) is 26.0 Å². The van der Waals surface area contributed by atoms with Crippen LogP contribution in [0.4, 0.5) is 5.69 Å². The summed E-state index contributed by atoms with van der Waals surface area (Å²) in [5.41, 5.74) is 8.15. The number of carbonyl (C=O) groups excluding carboxylic acids is 1. The van der Waals surface area contributed by atoms with Crippen LogP contribution in [0, 0.1) is 6.92 Å². The Kier molecular flexibility index (Phi) is 5.83. The zero-order chi connectivity index (χ0) is 14.4. The molecule has 0 aliphatic rings. The first-order chi connectivity index (χ1) is 9.01.